The molecule has 1 aromatic heterocycles. The molecule has 0 aliphatic carbocycles. The first-order valence-corrected chi connectivity index (χ1v) is 14.3. The van der Waals surface area contributed by atoms with Crippen LogP contribution in [0.4, 0.5) is 5.69 Å². The molecule has 0 bridgehead atoms. The lowest BCUT2D eigenvalue weighted by Crippen LogP contribution is -2.14. The van der Waals surface area contributed by atoms with Crippen LogP contribution in [0.1, 0.15) is 95.4 Å². The average Bonchev–Trinajstić information content (AvgIpc) is 3.33. The van der Waals surface area contributed by atoms with Crippen molar-refractivity contribution >= 4 is 24.0 Å². The predicted molar refractivity (Wildman–Crippen MR) is 161 cm³/mol. The van der Waals surface area contributed by atoms with Crippen LogP contribution in [0.5, 0.6) is 5.75 Å². The summed E-state index contributed by atoms with van der Waals surface area (Å²) in [6.07, 6.45) is 20.1. The third-order valence-corrected chi connectivity index (χ3v) is 6.79. The molecule has 1 heterocycles. The molecular weight excluding hydrogens is 494 g/mol. The van der Waals surface area contributed by atoms with Gasteiger partial charge in [0.2, 0.25) is 5.91 Å². The lowest BCUT2D eigenvalue weighted by Gasteiger charge is -2.10. The van der Waals surface area contributed by atoms with E-state index in [1.54, 1.807) is 6.20 Å². The lowest BCUT2D eigenvalue weighted by atomic mass is 10.1. The molecule has 38 heavy (non-hydrogen) atoms. The second-order valence-electron chi connectivity index (χ2n) is 10.0. The molecule has 0 fully saturated rings. The molecule has 0 saturated carbocycles. The molecule has 0 aliphatic heterocycles. The Morgan fingerprint density at radius 3 is 2.11 bits per heavy atom. The number of rotatable bonds is 18. The Kier molecular flexibility index (Phi) is 15.3. The number of nitrogens with zero attached hydrogens (tertiary/aromatic N) is 2. The van der Waals surface area contributed by atoms with E-state index < -0.39 is 0 Å². The highest BCUT2D eigenvalue weighted by Crippen LogP contribution is 2.18. The smallest absolute Gasteiger partial charge is 0.228 e. The molecule has 0 radical (unpaired) electrons. The van der Waals surface area contributed by atoms with Crippen molar-refractivity contribution in [2.24, 2.45) is 0 Å². The van der Waals surface area contributed by atoms with Gasteiger partial charge in [-0.1, -0.05) is 95.8 Å². The zero-order valence-electron chi connectivity index (χ0n) is 23.3. The first kappa shape index (κ1) is 31.4. The van der Waals surface area contributed by atoms with Gasteiger partial charge in [-0.2, -0.15) is 0 Å². The van der Waals surface area contributed by atoms with Gasteiger partial charge in [-0.05, 0) is 49.2 Å². The number of nitrogens with one attached hydrogen (secondary N) is 1. The van der Waals surface area contributed by atoms with Crippen LogP contribution in [-0.4, -0.2) is 22.1 Å². The van der Waals surface area contributed by atoms with Gasteiger partial charge in [-0.25, -0.2) is 4.98 Å². The van der Waals surface area contributed by atoms with E-state index in [1.165, 1.54) is 70.6 Å². The van der Waals surface area contributed by atoms with Crippen molar-refractivity contribution in [3.05, 3.63) is 72.3 Å². The molecule has 0 saturated heterocycles. The fourth-order valence-corrected chi connectivity index (χ4v) is 4.61. The maximum Gasteiger partial charge on any atom is 0.228 e. The second-order valence-corrected chi connectivity index (χ2v) is 10.0. The molecule has 0 atom stereocenters. The molecule has 0 unspecified atom stereocenters. The number of carbonyl (C=O) groups is 1. The minimum absolute atomic E-state index is 0. The molecule has 0 aliphatic rings. The van der Waals surface area contributed by atoms with Crippen LogP contribution >= 0.6 is 12.4 Å². The highest BCUT2D eigenvalue weighted by Gasteiger charge is 2.07. The number of imidazole rings is 1. The summed E-state index contributed by atoms with van der Waals surface area (Å²) in [6, 6.07) is 15.7. The van der Waals surface area contributed by atoms with Crippen LogP contribution in [0.2, 0.25) is 0 Å². The molecule has 0 spiro atoms. The van der Waals surface area contributed by atoms with Crippen molar-refractivity contribution in [2.75, 3.05) is 11.9 Å². The first-order chi connectivity index (χ1) is 18.2. The van der Waals surface area contributed by atoms with Gasteiger partial charge in [-0.3, -0.25) is 4.79 Å². The topological polar surface area (TPSA) is 56.1 Å². The monoisotopic (exact) mass is 539 g/mol. The molecule has 208 valence electrons. The van der Waals surface area contributed by atoms with Gasteiger partial charge in [0, 0.05) is 23.8 Å². The zero-order valence-corrected chi connectivity index (χ0v) is 24.1. The Hall–Kier alpha value is -2.79. The highest BCUT2D eigenvalue weighted by molar-refractivity contribution is 5.92. The molecular formula is C32H46ClN3O2. The summed E-state index contributed by atoms with van der Waals surface area (Å²) in [7, 11) is 0. The van der Waals surface area contributed by atoms with Crippen molar-refractivity contribution in [1.82, 2.24) is 9.55 Å². The van der Waals surface area contributed by atoms with E-state index in [9.17, 15) is 4.79 Å². The molecule has 5 nitrogen and oxygen atoms in total. The Morgan fingerprint density at radius 2 is 1.50 bits per heavy atom. The van der Waals surface area contributed by atoms with Gasteiger partial charge in [-0.15, -0.1) is 12.4 Å². The third-order valence-electron chi connectivity index (χ3n) is 6.79. The van der Waals surface area contributed by atoms with Crippen molar-refractivity contribution in [3.63, 3.8) is 0 Å². The molecule has 2 aromatic carbocycles. The minimum Gasteiger partial charge on any atom is -0.494 e. The van der Waals surface area contributed by atoms with Gasteiger partial charge >= 0.3 is 0 Å². The first-order valence-electron chi connectivity index (χ1n) is 14.3. The van der Waals surface area contributed by atoms with Gasteiger partial charge < -0.3 is 14.6 Å². The number of halogens is 1. The van der Waals surface area contributed by atoms with E-state index in [2.05, 4.69) is 17.2 Å². The largest absolute Gasteiger partial charge is 0.494 e. The summed E-state index contributed by atoms with van der Waals surface area (Å²) in [4.78, 5) is 16.8. The number of aryl methyl sites for hydroxylation is 1. The van der Waals surface area contributed by atoms with Crippen LogP contribution in [0.15, 0.2) is 60.9 Å². The highest BCUT2D eigenvalue weighted by atomic mass is 35.5. The maximum absolute atomic E-state index is 12.6. The van der Waals surface area contributed by atoms with E-state index in [4.69, 9.17) is 4.74 Å². The van der Waals surface area contributed by atoms with Crippen LogP contribution < -0.4 is 10.1 Å². The second kappa shape index (κ2) is 18.5. The van der Waals surface area contributed by atoms with E-state index in [0.717, 1.165) is 41.5 Å². The molecule has 3 rings (SSSR count). The molecule has 1 N–H and O–H groups in total. The molecule has 3 aromatic rings. The summed E-state index contributed by atoms with van der Waals surface area (Å²) in [5.74, 6) is 1.74. The summed E-state index contributed by atoms with van der Waals surface area (Å²) in [5.41, 5.74) is 2.72. The fraction of sp³-hybridized carbons (Fsp3) is 0.500. The number of ether oxygens (including phenoxy) is 1. The third kappa shape index (κ3) is 11.7. The summed E-state index contributed by atoms with van der Waals surface area (Å²) in [6.45, 7) is 4.98. The van der Waals surface area contributed by atoms with Crippen molar-refractivity contribution < 1.29 is 9.53 Å². The Balaban J connectivity index is 0.00000507. The number of carbonyl (C=O) groups excluding carboxylic acids is 1. The van der Waals surface area contributed by atoms with E-state index in [1.807, 2.05) is 66.2 Å². The van der Waals surface area contributed by atoms with E-state index in [-0.39, 0.29) is 18.3 Å². The van der Waals surface area contributed by atoms with Crippen LogP contribution in [0.3, 0.4) is 0 Å². The zero-order chi connectivity index (χ0) is 26.1. The van der Waals surface area contributed by atoms with Gasteiger partial charge in [0.1, 0.15) is 11.6 Å². The number of benzene rings is 2. The van der Waals surface area contributed by atoms with Gasteiger partial charge in [0.05, 0.1) is 13.0 Å². The SMILES string of the molecule is CCCCCCCCCCCCCCOc1ccc(CC(=O)Nc2cccc(-n3ccnc3C)c2)cc1.Cl. The van der Waals surface area contributed by atoms with Crippen molar-refractivity contribution in [2.45, 2.75) is 97.3 Å². The summed E-state index contributed by atoms with van der Waals surface area (Å²) < 4.78 is 7.90. The quantitative estimate of drug-likeness (QED) is 0.164. The number of hydrogen-bond acceptors (Lipinski definition) is 3. The van der Waals surface area contributed by atoms with Crippen LogP contribution in [-0.2, 0) is 11.2 Å². The minimum atomic E-state index is -0.0373. The van der Waals surface area contributed by atoms with Gasteiger partial charge in [0.15, 0.2) is 0 Å². The van der Waals surface area contributed by atoms with Crippen molar-refractivity contribution in [1.29, 1.82) is 0 Å². The van der Waals surface area contributed by atoms with Crippen molar-refractivity contribution in [3.8, 4) is 11.4 Å². The van der Waals surface area contributed by atoms with E-state index in [0.29, 0.717) is 6.42 Å². The van der Waals surface area contributed by atoms with E-state index >= 15 is 0 Å². The number of anilines is 1. The molecule has 6 heteroatoms. The Labute approximate surface area is 235 Å². The Bertz CT molecular complexity index is 1050. The number of aromatic nitrogens is 2. The number of hydrogen-bond donors (Lipinski definition) is 1. The number of amides is 1. The fourth-order valence-electron chi connectivity index (χ4n) is 4.61. The lowest BCUT2D eigenvalue weighted by molar-refractivity contribution is -0.115. The normalized spacial score (nSPS) is 10.7. The Morgan fingerprint density at radius 1 is 0.868 bits per heavy atom. The number of unbranched alkanes of at least 4 members (excludes halogenated alkanes) is 11. The molecule has 1 amide bonds. The van der Waals surface area contributed by atoms with Crippen LogP contribution in [0, 0.1) is 6.92 Å². The predicted octanol–water partition coefficient (Wildman–Crippen LogP) is 8.86. The maximum atomic E-state index is 12.6. The standard InChI is InChI=1S/C32H45N3O2.ClH/c1-3-4-5-6-7-8-9-10-11-12-13-14-24-37-31-20-18-28(19-21-31)25-32(36)34-29-16-15-17-30(26-29)35-23-22-33-27(35)2;/h15-23,26H,3-14,24-25H2,1-2H3,(H,34,36);1H. The average molecular weight is 540 g/mol. The van der Waals surface area contributed by atoms with Gasteiger partial charge in [0.25, 0.3) is 0 Å². The summed E-state index contributed by atoms with van der Waals surface area (Å²) >= 11 is 0. The van der Waals surface area contributed by atoms with Crippen LogP contribution in [0.25, 0.3) is 5.69 Å². The summed E-state index contributed by atoms with van der Waals surface area (Å²) in [5, 5.41) is 3.00.